The van der Waals surface area contributed by atoms with Crippen molar-refractivity contribution in [3.05, 3.63) is 96.7 Å². The minimum atomic E-state index is -1.38. The summed E-state index contributed by atoms with van der Waals surface area (Å²) in [4.78, 5) is 40.1. The van der Waals surface area contributed by atoms with Crippen molar-refractivity contribution < 1.29 is 24.0 Å². The van der Waals surface area contributed by atoms with Crippen molar-refractivity contribution in [1.29, 1.82) is 0 Å². The third-order valence-electron chi connectivity index (χ3n) is 5.66. The molecule has 0 saturated carbocycles. The monoisotopic (exact) mass is 566 g/mol. The molecule has 39 heavy (non-hydrogen) atoms. The molecule has 0 amide bonds. The molecule has 5 rings (SSSR count). The lowest BCUT2D eigenvalue weighted by atomic mass is 10.2. The van der Waals surface area contributed by atoms with E-state index >= 15 is 0 Å². The molecule has 2 aromatic heterocycles. The van der Waals surface area contributed by atoms with Crippen molar-refractivity contribution in [3.8, 4) is 17.3 Å². The predicted octanol–water partition coefficient (Wildman–Crippen LogP) is 5.76. The summed E-state index contributed by atoms with van der Waals surface area (Å²) in [5.41, 5.74) is -0.0166. The van der Waals surface area contributed by atoms with Gasteiger partial charge >= 0.3 is 11.7 Å². The third kappa shape index (κ3) is 5.05. The van der Waals surface area contributed by atoms with Crippen LogP contribution >= 0.6 is 23.2 Å². The Hall–Kier alpha value is -4.74. The Balaban J connectivity index is 1.65. The van der Waals surface area contributed by atoms with Gasteiger partial charge in [0, 0.05) is 22.0 Å². The van der Waals surface area contributed by atoms with E-state index in [0.717, 1.165) is 10.7 Å². The maximum Gasteiger partial charge on any atom is 0.344 e. The highest BCUT2D eigenvalue weighted by atomic mass is 35.5. The summed E-state index contributed by atoms with van der Waals surface area (Å²) in [6.07, 6.45) is -0.200. The first kappa shape index (κ1) is 25.9. The van der Waals surface area contributed by atoms with Crippen LogP contribution in [0.15, 0.2) is 75.0 Å². The van der Waals surface area contributed by atoms with Gasteiger partial charge in [-0.25, -0.2) is 9.78 Å². The summed E-state index contributed by atoms with van der Waals surface area (Å²) < 4.78 is 12.1. The molecule has 196 valence electrons. The number of carboxylic acid groups (broad SMARTS) is 1. The lowest BCUT2D eigenvalue weighted by Crippen LogP contribution is -2.23. The van der Waals surface area contributed by atoms with E-state index in [0.29, 0.717) is 21.5 Å². The maximum atomic E-state index is 13.4. The van der Waals surface area contributed by atoms with Gasteiger partial charge in [-0.1, -0.05) is 35.3 Å². The van der Waals surface area contributed by atoms with Crippen LogP contribution in [0.5, 0.6) is 5.75 Å². The molecular weight excluding hydrogens is 551 g/mol. The summed E-state index contributed by atoms with van der Waals surface area (Å²) >= 11 is 12.3. The molecule has 0 aliphatic rings. The Kier molecular flexibility index (Phi) is 6.77. The maximum absolute atomic E-state index is 13.4. The van der Waals surface area contributed by atoms with Crippen molar-refractivity contribution in [2.24, 2.45) is 5.10 Å². The number of nitrogens with zero attached hydrogens (tertiary/aromatic N) is 4. The van der Waals surface area contributed by atoms with E-state index in [2.05, 4.69) is 10.1 Å². The average Bonchev–Trinajstić information content (AvgIpc) is 3.32. The number of furan rings is 1. The molecule has 0 radical (unpaired) electrons. The number of aromatic nitrogens is 2. The Morgan fingerprint density at radius 2 is 1.97 bits per heavy atom. The second-order valence-electron chi connectivity index (χ2n) is 8.31. The van der Waals surface area contributed by atoms with E-state index in [1.54, 1.807) is 48.5 Å². The van der Waals surface area contributed by atoms with Crippen molar-refractivity contribution in [2.75, 3.05) is 0 Å². The number of nitro groups is 1. The molecule has 1 atom stereocenters. The van der Waals surface area contributed by atoms with Crippen LogP contribution in [0.25, 0.3) is 33.5 Å². The van der Waals surface area contributed by atoms with Crippen LogP contribution < -0.4 is 10.3 Å². The van der Waals surface area contributed by atoms with Crippen LogP contribution in [0.2, 0.25) is 10.0 Å². The average molecular weight is 567 g/mol. The number of hydrogen-bond acceptors (Lipinski definition) is 8. The molecule has 0 bridgehead atoms. The molecule has 0 fully saturated rings. The second-order valence-corrected chi connectivity index (χ2v) is 9.16. The predicted molar refractivity (Wildman–Crippen MR) is 145 cm³/mol. The standard InChI is InChI=1S/C26H16Cl2N4O7/c1-13(26(34)35)38-23-18(28)8-14(9-20(23)32(36)37)12-29-31-24(30-19-5-3-2-4-17(19)25(31)33)22-11-15-10-16(27)6-7-21(15)39-22/h2-13H,1H3,(H,34,35)/t13-/m1/s1. The highest BCUT2D eigenvalue weighted by Gasteiger charge is 2.25. The Labute approximate surface area is 228 Å². The van der Waals surface area contributed by atoms with Gasteiger partial charge < -0.3 is 14.3 Å². The smallest absolute Gasteiger partial charge is 0.344 e. The minimum absolute atomic E-state index is 0.0816. The van der Waals surface area contributed by atoms with Crippen molar-refractivity contribution in [3.63, 3.8) is 0 Å². The normalized spacial score (nSPS) is 12.3. The number of benzene rings is 3. The van der Waals surface area contributed by atoms with Crippen LogP contribution in [-0.2, 0) is 4.79 Å². The second kappa shape index (κ2) is 10.2. The Bertz CT molecular complexity index is 1880. The van der Waals surface area contributed by atoms with Gasteiger partial charge in [-0.3, -0.25) is 14.9 Å². The van der Waals surface area contributed by atoms with E-state index in [1.165, 1.54) is 19.2 Å². The van der Waals surface area contributed by atoms with Gasteiger partial charge in [-0.05, 0) is 49.4 Å². The van der Waals surface area contributed by atoms with E-state index in [1.807, 2.05) is 0 Å². The summed E-state index contributed by atoms with van der Waals surface area (Å²) in [5, 5.41) is 26.3. The highest BCUT2D eigenvalue weighted by Crippen LogP contribution is 2.37. The summed E-state index contributed by atoms with van der Waals surface area (Å²) in [6, 6.07) is 15.8. The topological polar surface area (TPSA) is 150 Å². The molecule has 5 aromatic rings. The third-order valence-corrected chi connectivity index (χ3v) is 6.18. The van der Waals surface area contributed by atoms with Crippen molar-refractivity contribution in [1.82, 2.24) is 9.66 Å². The van der Waals surface area contributed by atoms with Gasteiger partial charge in [0.2, 0.25) is 11.6 Å². The van der Waals surface area contributed by atoms with E-state index in [4.69, 9.17) is 37.5 Å². The summed E-state index contributed by atoms with van der Waals surface area (Å²) in [7, 11) is 0. The zero-order valence-electron chi connectivity index (χ0n) is 19.9. The van der Waals surface area contributed by atoms with Gasteiger partial charge in [-0.2, -0.15) is 9.78 Å². The van der Waals surface area contributed by atoms with E-state index in [-0.39, 0.29) is 27.6 Å². The zero-order chi connectivity index (χ0) is 27.8. The fourth-order valence-corrected chi connectivity index (χ4v) is 4.24. The zero-order valence-corrected chi connectivity index (χ0v) is 21.4. The van der Waals surface area contributed by atoms with Gasteiger partial charge in [0.05, 0.1) is 27.1 Å². The number of ether oxygens (including phenoxy) is 1. The number of nitro benzene ring substituents is 1. The molecule has 11 nitrogen and oxygen atoms in total. The highest BCUT2D eigenvalue weighted by molar-refractivity contribution is 6.32. The largest absolute Gasteiger partial charge is 0.479 e. The van der Waals surface area contributed by atoms with Gasteiger partial charge in [0.1, 0.15) is 5.58 Å². The number of halogens is 2. The number of carbonyl (C=O) groups is 1. The Morgan fingerprint density at radius 3 is 2.72 bits per heavy atom. The SMILES string of the molecule is C[C@@H](Oc1c(Cl)cc(C=Nn2c(-c3cc4cc(Cl)ccc4o3)nc3ccccc3c2=O)cc1[N+](=O)[O-])C(=O)O. The number of hydrogen-bond donors (Lipinski definition) is 1. The molecule has 0 aliphatic heterocycles. The van der Waals surface area contributed by atoms with Gasteiger partial charge in [0.25, 0.3) is 5.56 Å². The molecular formula is C26H16Cl2N4O7. The molecule has 2 heterocycles. The molecule has 0 unspecified atom stereocenters. The van der Waals surface area contributed by atoms with Crippen LogP contribution in [0, 0.1) is 10.1 Å². The molecule has 13 heteroatoms. The number of carboxylic acids is 1. The first-order valence-electron chi connectivity index (χ1n) is 11.3. The number of rotatable bonds is 7. The van der Waals surface area contributed by atoms with Crippen molar-refractivity contribution >= 4 is 62.9 Å². The minimum Gasteiger partial charge on any atom is -0.479 e. The fraction of sp³-hybridized carbons (Fsp3) is 0.0769. The Morgan fingerprint density at radius 1 is 1.21 bits per heavy atom. The first-order chi connectivity index (χ1) is 18.6. The van der Waals surface area contributed by atoms with E-state index in [9.17, 15) is 19.7 Å². The van der Waals surface area contributed by atoms with Crippen LogP contribution in [0.3, 0.4) is 0 Å². The molecule has 3 aromatic carbocycles. The van der Waals surface area contributed by atoms with E-state index < -0.39 is 34.0 Å². The van der Waals surface area contributed by atoms with Gasteiger partial charge in [-0.15, -0.1) is 0 Å². The molecule has 1 N–H and O–H groups in total. The van der Waals surface area contributed by atoms with Crippen LogP contribution in [0.4, 0.5) is 5.69 Å². The van der Waals surface area contributed by atoms with Crippen LogP contribution in [0.1, 0.15) is 12.5 Å². The first-order valence-corrected chi connectivity index (χ1v) is 12.0. The molecule has 0 saturated heterocycles. The molecule has 0 aliphatic carbocycles. The van der Waals surface area contributed by atoms with Crippen molar-refractivity contribution in [2.45, 2.75) is 13.0 Å². The van der Waals surface area contributed by atoms with Gasteiger partial charge in [0.15, 0.2) is 11.9 Å². The fourth-order valence-electron chi connectivity index (χ4n) is 3.79. The number of fused-ring (bicyclic) bond motifs is 2. The number of para-hydroxylation sites is 1. The quantitative estimate of drug-likeness (QED) is 0.148. The lowest BCUT2D eigenvalue weighted by Gasteiger charge is -2.12. The summed E-state index contributed by atoms with van der Waals surface area (Å²) in [6.45, 7) is 1.21. The summed E-state index contributed by atoms with van der Waals surface area (Å²) in [5.74, 6) is -1.41. The lowest BCUT2D eigenvalue weighted by molar-refractivity contribution is -0.386. The molecule has 0 spiro atoms. The number of aliphatic carboxylic acids is 1. The van der Waals surface area contributed by atoms with Crippen LogP contribution in [-0.4, -0.2) is 38.0 Å².